The van der Waals surface area contributed by atoms with Crippen molar-refractivity contribution < 1.29 is 5.11 Å². The Morgan fingerprint density at radius 2 is 2.07 bits per heavy atom. The van der Waals surface area contributed by atoms with Crippen molar-refractivity contribution in [1.82, 2.24) is 4.98 Å². The third-order valence-electron chi connectivity index (χ3n) is 3.04. The summed E-state index contributed by atoms with van der Waals surface area (Å²) in [6.45, 7) is 0.639. The van der Waals surface area contributed by atoms with E-state index in [0.29, 0.717) is 6.54 Å². The van der Waals surface area contributed by atoms with Crippen LogP contribution in [0.5, 0.6) is 0 Å². The summed E-state index contributed by atoms with van der Waals surface area (Å²) in [5.41, 5.74) is -0.512. The van der Waals surface area contributed by atoms with Gasteiger partial charge in [-0.1, -0.05) is 25.7 Å². The van der Waals surface area contributed by atoms with Crippen LogP contribution in [0.15, 0.2) is 11.6 Å². The first-order valence-corrected chi connectivity index (χ1v) is 6.52. The third kappa shape index (κ3) is 3.18. The van der Waals surface area contributed by atoms with E-state index in [4.69, 9.17) is 0 Å². The molecule has 1 aromatic rings. The first kappa shape index (κ1) is 10.9. The van der Waals surface area contributed by atoms with Crippen LogP contribution in [0.3, 0.4) is 0 Å². The average molecular weight is 226 g/mol. The maximum Gasteiger partial charge on any atom is 0.182 e. The van der Waals surface area contributed by atoms with Crippen LogP contribution >= 0.6 is 11.3 Å². The predicted octanol–water partition coefficient (Wildman–Crippen LogP) is 2.64. The Kier molecular flexibility index (Phi) is 3.59. The van der Waals surface area contributed by atoms with Gasteiger partial charge in [-0.25, -0.2) is 4.98 Å². The van der Waals surface area contributed by atoms with Gasteiger partial charge in [-0.3, -0.25) is 0 Å². The standard InChI is InChI=1S/C11H18N2OS/c14-11(5-3-1-2-4-6-11)9-13-10-12-7-8-15-10/h7-8,14H,1-6,9H2,(H,12,13). The Hall–Kier alpha value is -0.610. The Labute approximate surface area is 94.5 Å². The van der Waals surface area contributed by atoms with E-state index in [1.54, 1.807) is 17.5 Å². The van der Waals surface area contributed by atoms with E-state index in [2.05, 4.69) is 10.3 Å². The molecule has 0 saturated heterocycles. The highest BCUT2D eigenvalue weighted by Crippen LogP contribution is 2.27. The highest BCUT2D eigenvalue weighted by atomic mass is 32.1. The first-order valence-electron chi connectivity index (χ1n) is 5.64. The van der Waals surface area contributed by atoms with Gasteiger partial charge >= 0.3 is 0 Å². The smallest absolute Gasteiger partial charge is 0.182 e. The maximum atomic E-state index is 10.4. The van der Waals surface area contributed by atoms with E-state index in [9.17, 15) is 5.11 Å². The van der Waals surface area contributed by atoms with Gasteiger partial charge in [0.05, 0.1) is 5.60 Å². The fraction of sp³-hybridized carbons (Fsp3) is 0.727. The van der Waals surface area contributed by atoms with Crippen molar-refractivity contribution in [3.63, 3.8) is 0 Å². The number of hydrogen-bond donors (Lipinski definition) is 2. The molecule has 1 aromatic heterocycles. The molecule has 3 nitrogen and oxygen atoms in total. The zero-order valence-electron chi connectivity index (χ0n) is 8.91. The van der Waals surface area contributed by atoms with Crippen LogP contribution in [0.1, 0.15) is 38.5 Å². The van der Waals surface area contributed by atoms with E-state index in [1.165, 1.54) is 12.8 Å². The molecule has 0 spiro atoms. The summed E-state index contributed by atoms with van der Waals surface area (Å²) < 4.78 is 0. The minimum Gasteiger partial charge on any atom is -0.388 e. The summed E-state index contributed by atoms with van der Waals surface area (Å²) in [5, 5.41) is 16.4. The zero-order chi connectivity index (χ0) is 10.6. The molecule has 4 heteroatoms. The number of anilines is 1. The molecule has 0 atom stereocenters. The molecular formula is C11H18N2OS. The van der Waals surface area contributed by atoms with E-state index >= 15 is 0 Å². The molecule has 1 saturated carbocycles. The van der Waals surface area contributed by atoms with E-state index < -0.39 is 5.60 Å². The van der Waals surface area contributed by atoms with Crippen molar-refractivity contribution in [2.75, 3.05) is 11.9 Å². The summed E-state index contributed by atoms with van der Waals surface area (Å²) in [5.74, 6) is 0. The van der Waals surface area contributed by atoms with Crippen molar-refractivity contribution >= 4 is 16.5 Å². The topological polar surface area (TPSA) is 45.1 Å². The van der Waals surface area contributed by atoms with Gasteiger partial charge in [0.1, 0.15) is 0 Å². The average Bonchev–Trinajstić information content (AvgIpc) is 2.65. The molecule has 0 amide bonds. The van der Waals surface area contributed by atoms with Crippen LogP contribution in [0, 0.1) is 0 Å². The summed E-state index contributed by atoms with van der Waals surface area (Å²) in [6.07, 6.45) is 8.45. The van der Waals surface area contributed by atoms with Crippen molar-refractivity contribution in [2.24, 2.45) is 0 Å². The number of rotatable bonds is 3. The molecule has 15 heavy (non-hydrogen) atoms. The number of nitrogens with zero attached hydrogens (tertiary/aromatic N) is 1. The van der Waals surface area contributed by atoms with Gasteiger partial charge in [0.2, 0.25) is 0 Å². The Morgan fingerprint density at radius 1 is 1.33 bits per heavy atom. The maximum absolute atomic E-state index is 10.4. The molecule has 0 aromatic carbocycles. The van der Waals surface area contributed by atoms with Crippen LogP contribution in [-0.2, 0) is 0 Å². The van der Waals surface area contributed by atoms with Gasteiger partial charge in [0, 0.05) is 18.1 Å². The summed E-state index contributed by atoms with van der Waals surface area (Å²) in [6, 6.07) is 0. The lowest BCUT2D eigenvalue weighted by atomic mass is 9.95. The van der Waals surface area contributed by atoms with Gasteiger partial charge in [-0.15, -0.1) is 11.3 Å². The highest BCUT2D eigenvalue weighted by Gasteiger charge is 2.27. The molecule has 1 heterocycles. The summed E-state index contributed by atoms with van der Waals surface area (Å²) in [7, 11) is 0. The lowest BCUT2D eigenvalue weighted by Crippen LogP contribution is -2.36. The van der Waals surface area contributed by atoms with Crippen molar-refractivity contribution in [3.05, 3.63) is 11.6 Å². The predicted molar refractivity (Wildman–Crippen MR) is 63.3 cm³/mol. The quantitative estimate of drug-likeness (QED) is 0.779. The molecule has 2 rings (SSSR count). The Bertz CT molecular complexity index is 279. The molecule has 1 fully saturated rings. The minimum absolute atomic E-state index is 0.512. The highest BCUT2D eigenvalue weighted by molar-refractivity contribution is 7.13. The second kappa shape index (κ2) is 4.94. The Morgan fingerprint density at radius 3 is 2.67 bits per heavy atom. The number of thiazole rings is 1. The largest absolute Gasteiger partial charge is 0.388 e. The van der Waals surface area contributed by atoms with Crippen molar-refractivity contribution in [1.29, 1.82) is 0 Å². The van der Waals surface area contributed by atoms with Crippen LogP contribution < -0.4 is 5.32 Å². The van der Waals surface area contributed by atoms with Gasteiger partial charge in [-0.2, -0.15) is 0 Å². The van der Waals surface area contributed by atoms with Crippen LogP contribution in [0.25, 0.3) is 0 Å². The molecular weight excluding hydrogens is 208 g/mol. The second-order valence-corrected chi connectivity index (χ2v) is 5.22. The molecule has 1 aliphatic rings. The zero-order valence-corrected chi connectivity index (χ0v) is 9.72. The van der Waals surface area contributed by atoms with Crippen molar-refractivity contribution in [2.45, 2.75) is 44.1 Å². The molecule has 0 radical (unpaired) electrons. The molecule has 0 unspecified atom stereocenters. The second-order valence-electron chi connectivity index (χ2n) is 4.33. The van der Waals surface area contributed by atoms with Crippen LogP contribution in [-0.4, -0.2) is 22.2 Å². The lowest BCUT2D eigenvalue weighted by Gasteiger charge is -2.26. The molecule has 0 bridgehead atoms. The Balaban J connectivity index is 1.86. The van der Waals surface area contributed by atoms with Crippen LogP contribution in [0.2, 0.25) is 0 Å². The van der Waals surface area contributed by atoms with Gasteiger partial charge in [0.15, 0.2) is 5.13 Å². The number of nitrogens with one attached hydrogen (secondary N) is 1. The molecule has 0 aliphatic heterocycles. The molecule has 2 N–H and O–H groups in total. The molecule has 1 aliphatic carbocycles. The third-order valence-corrected chi connectivity index (χ3v) is 3.77. The van der Waals surface area contributed by atoms with Gasteiger partial charge < -0.3 is 10.4 Å². The molecule has 84 valence electrons. The van der Waals surface area contributed by atoms with Gasteiger partial charge in [-0.05, 0) is 12.8 Å². The summed E-state index contributed by atoms with van der Waals surface area (Å²) in [4.78, 5) is 4.15. The number of aliphatic hydroxyl groups is 1. The number of aromatic nitrogens is 1. The first-order chi connectivity index (χ1) is 7.29. The van der Waals surface area contributed by atoms with E-state index in [-0.39, 0.29) is 0 Å². The fourth-order valence-electron chi connectivity index (χ4n) is 2.11. The van der Waals surface area contributed by atoms with E-state index in [0.717, 1.165) is 30.8 Å². The van der Waals surface area contributed by atoms with Crippen molar-refractivity contribution in [3.8, 4) is 0 Å². The lowest BCUT2D eigenvalue weighted by molar-refractivity contribution is 0.0381. The van der Waals surface area contributed by atoms with Crippen LogP contribution in [0.4, 0.5) is 5.13 Å². The summed E-state index contributed by atoms with van der Waals surface area (Å²) >= 11 is 1.58. The van der Waals surface area contributed by atoms with Gasteiger partial charge in [0.25, 0.3) is 0 Å². The monoisotopic (exact) mass is 226 g/mol. The normalized spacial score (nSPS) is 20.9. The minimum atomic E-state index is -0.512. The number of hydrogen-bond acceptors (Lipinski definition) is 4. The van der Waals surface area contributed by atoms with E-state index in [1.807, 2.05) is 5.38 Å². The fourth-order valence-corrected chi connectivity index (χ4v) is 2.64. The SMILES string of the molecule is OC1(CNc2nccs2)CCCCCC1.